The molecule has 3 aromatic heterocycles. The molecule has 0 unspecified atom stereocenters. The van der Waals surface area contributed by atoms with Gasteiger partial charge >= 0.3 is 0 Å². The molecule has 0 fully saturated rings. The number of nitrogens with zero attached hydrogens (tertiary/aromatic N) is 3. The maximum absolute atomic E-state index is 6.65. The van der Waals surface area contributed by atoms with Gasteiger partial charge in [-0.3, -0.25) is 0 Å². The molecule has 0 aliphatic carbocycles. The van der Waals surface area contributed by atoms with Gasteiger partial charge in [-0.05, 0) is 51.7 Å². The molecule has 0 atom stereocenters. The highest BCUT2D eigenvalue weighted by atomic mass is 32.1. The van der Waals surface area contributed by atoms with Gasteiger partial charge in [-0.25, -0.2) is 15.0 Å². The Bertz CT molecular complexity index is 3230. The lowest BCUT2D eigenvalue weighted by molar-refractivity contribution is 0.670. The first-order chi connectivity index (χ1) is 26.7. The van der Waals surface area contributed by atoms with Gasteiger partial charge in [0.1, 0.15) is 11.2 Å². The van der Waals surface area contributed by atoms with E-state index in [9.17, 15) is 0 Å². The number of furan rings is 1. The number of fused-ring (bicyclic) bond motifs is 7. The van der Waals surface area contributed by atoms with Gasteiger partial charge in [-0.15, -0.1) is 11.3 Å². The summed E-state index contributed by atoms with van der Waals surface area (Å²) in [5.74, 6) is 1.88. The third-order valence-corrected chi connectivity index (χ3v) is 11.5. The standard InChI is InChI=1S/C49H29N3OS/c1-2-13-31(14-3-1)35-19-10-21-41-45-39(20-11-22-42(45)53-46(35)41)36-16-6-7-18-40(36)49-51-47(33-25-24-30-12-4-5-15-32(30)28-33)50-48(52-49)34-26-27-38-37-17-8-9-23-43(37)54-44(38)29-34/h1-29H. The van der Waals surface area contributed by atoms with Crippen LogP contribution in [0.15, 0.2) is 180 Å². The SMILES string of the molecule is c1ccc(-c2cccc3c2oc2cccc(-c4ccccc4-c4nc(-c5ccc6ccccc6c5)nc(-c5ccc6c(c5)sc5ccccc56)n4)c23)cc1. The van der Waals surface area contributed by atoms with E-state index in [1.807, 2.05) is 6.07 Å². The molecule has 0 aliphatic rings. The van der Waals surface area contributed by atoms with E-state index in [-0.39, 0.29) is 0 Å². The monoisotopic (exact) mass is 707 g/mol. The van der Waals surface area contributed by atoms with E-state index in [4.69, 9.17) is 19.4 Å². The molecule has 8 aromatic carbocycles. The van der Waals surface area contributed by atoms with Crippen LogP contribution in [0.2, 0.25) is 0 Å². The van der Waals surface area contributed by atoms with E-state index in [1.54, 1.807) is 11.3 Å². The highest BCUT2D eigenvalue weighted by Crippen LogP contribution is 2.43. The Kier molecular flexibility index (Phi) is 7.00. The molecular weight excluding hydrogens is 679 g/mol. The van der Waals surface area contributed by atoms with Gasteiger partial charge in [0.25, 0.3) is 0 Å². The fourth-order valence-corrected chi connectivity index (χ4v) is 8.92. The zero-order valence-electron chi connectivity index (χ0n) is 28.9. The quantitative estimate of drug-likeness (QED) is 0.179. The maximum Gasteiger partial charge on any atom is 0.164 e. The van der Waals surface area contributed by atoms with Crippen molar-refractivity contribution in [2.75, 3.05) is 0 Å². The minimum Gasteiger partial charge on any atom is -0.455 e. The predicted octanol–water partition coefficient (Wildman–Crippen LogP) is 13.6. The normalized spacial score (nSPS) is 11.7. The molecule has 54 heavy (non-hydrogen) atoms. The van der Waals surface area contributed by atoms with Gasteiger partial charge in [0.15, 0.2) is 17.5 Å². The highest BCUT2D eigenvalue weighted by molar-refractivity contribution is 7.25. The lowest BCUT2D eigenvalue weighted by Gasteiger charge is -2.13. The van der Waals surface area contributed by atoms with Crippen LogP contribution in [-0.4, -0.2) is 15.0 Å². The minimum atomic E-state index is 0.616. The molecule has 0 N–H and O–H groups in total. The molecular formula is C49H29N3OS. The van der Waals surface area contributed by atoms with Crippen LogP contribution in [0, 0.1) is 0 Å². The third kappa shape index (κ3) is 5.01. The largest absolute Gasteiger partial charge is 0.455 e. The second kappa shape index (κ2) is 12.3. The van der Waals surface area contributed by atoms with Crippen LogP contribution in [0.1, 0.15) is 0 Å². The summed E-state index contributed by atoms with van der Waals surface area (Å²) in [7, 11) is 0. The van der Waals surface area contributed by atoms with Crippen molar-refractivity contribution in [2.45, 2.75) is 0 Å². The van der Waals surface area contributed by atoms with Gasteiger partial charge in [-0.2, -0.15) is 0 Å². The van der Waals surface area contributed by atoms with Crippen molar-refractivity contribution >= 4 is 64.2 Å². The molecule has 11 aromatic rings. The van der Waals surface area contributed by atoms with Crippen molar-refractivity contribution in [1.82, 2.24) is 15.0 Å². The minimum absolute atomic E-state index is 0.616. The molecule has 5 heteroatoms. The second-order valence-electron chi connectivity index (χ2n) is 13.6. The first kappa shape index (κ1) is 30.7. The van der Waals surface area contributed by atoms with Crippen molar-refractivity contribution < 1.29 is 4.42 Å². The van der Waals surface area contributed by atoms with Gasteiger partial charge in [0.05, 0.1) is 0 Å². The number of benzene rings is 8. The van der Waals surface area contributed by atoms with Crippen molar-refractivity contribution in [3.8, 4) is 56.4 Å². The second-order valence-corrected chi connectivity index (χ2v) is 14.6. The summed E-state index contributed by atoms with van der Waals surface area (Å²) in [6, 6.07) is 61.5. The van der Waals surface area contributed by atoms with Crippen LogP contribution in [0.25, 0.3) is 109 Å². The number of hydrogen-bond acceptors (Lipinski definition) is 5. The number of para-hydroxylation sites is 1. The van der Waals surface area contributed by atoms with Crippen LogP contribution < -0.4 is 0 Å². The Morgan fingerprint density at radius 3 is 1.89 bits per heavy atom. The van der Waals surface area contributed by atoms with Gasteiger partial charge in [0, 0.05) is 53.2 Å². The molecule has 0 bridgehead atoms. The summed E-state index contributed by atoms with van der Waals surface area (Å²) in [6.07, 6.45) is 0. The van der Waals surface area contributed by atoms with Crippen LogP contribution in [0.5, 0.6) is 0 Å². The van der Waals surface area contributed by atoms with Gasteiger partial charge in [0.2, 0.25) is 0 Å². The lowest BCUT2D eigenvalue weighted by atomic mass is 9.94. The molecule has 252 valence electrons. The molecule has 0 amide bonds. The molecule has 3 heterocycles. The Labute approximate surface area is 314 Å². The predicted molar refractivity (Wildman–Crippen MR) is 225 cm³/mol. The fourth-order valence-electron chi connectivity index (χ4n) is 7.78. The van der Waals surface area contributed by atoms with Crippen molar-refractivity contribution in [1.29, 1.82) is 0 Å². The Balaban J connectivity index is 1.13. The topological polar surface area (TPSA) is 51.8 Å². The van der Waals surface area contributed by atoms with Crippen LogP contribution in [0.4, 0.5) is 0 Å². The molecule has 11 rings (SSSR count). The van der Waals surface area contributed by atoms with E-state index in [2.05, 4.69) is 170 Å². The van der Waals surface area contributed by atoms with Crippen LogP contribution in [0.3, 0.4) is 0 Å². The summed E-state index contributed by atoms with van der Waals surface area (Å²) in [5.41, 5.74) is 8.81. The smallest absolute Gasteiger partial charge is 0.164 e. The van der Waals surface area contributed by atoms with E-state index < -0.39 is 0 Å². The highest BCUT2D eigenvalue weighted by Gasteiger charge is 2.20. The van der Waals surface area contributed by atoms with Gasteiger partial charge < -0.3 is 4.42 Å². The van der Waals surface area contributed by atoms with E-state index in [1.165, 1.54) is 25.6 Å². The summed E-state index contributed by atoms with van der Waals surface area (Å²) < 4.78 is 9.12. The van der Waals surface area contributed by atoms with Crippen LogP contribution in [-0.2, 0) is 0 Å². The molecule has 0 radical (unpaired) electrons. The average molecular weight is 708 g/mol. The molecule has 4 nitrogen and oxygen atoms in total. The third-order valence-electron chi connectivity index (χ3n) is 10.3. The number of rotatable bonds is 5. The Hall–Kier alpha value is -6.95. The van der Waals surface area contributed by atoms with Crippen molar-refractivity contribution in [2.24, 2.45) is 0 Å². The molecule has 0 saturated heterocycles. The summed E-state index contributed by atoms with van der Waals surface area (Å²) >= 11 is 1.80. The first-order valence-corrected chi connectivity index (χ1v) is 18.8. The van der Waals surface area contributed by atoms with Crippen LogP contribution >= 0.6 is 11.3 Å². The zero-order valence-corrected chi connectivity index (χ0v) is 29.7. The summed E-state index contributed by atoms with van der Waals surface area (Å²) in [6.45, 7) is 0. The maximum atomic E-state index is 6.65. The lowest BCUT2D eigenvalue weighted by Crippen LogP contribution is -2.01. The van der Waals surface area contributed by atoms with E-state index in [0.29, 0.717) is 17.5 Å². The number of aromatic nitrogens is 3. The van der Waals surface area contributed by atoms with Crippen molar-refractivity contribution in [3.05, 3.63) is 176 Å². The molecule has 0 spiro atoms. The summed E-state index contributed by atoms with van der Waals surface area (Å²) in [5, 5.41) is 6.96. The number of hydrogen-bond donors (Lipinski definition) is 0. The van der Waals surface area contributed by atoms with E-state index in [0.717, 1.165) is 66.3 Å². The number of thiophene rings is 1. The summed E-state index contributed by atoms with van der Waals surface area (Å²) in [4.78, 5) is 15.6. The Morgan fingerprint density at radius 2 is 1.00 bits per heavy atom. The van der Waals surface area contributed by atoms with Gasteiger partial charge in [-0.1, -0.05) is 152 Å². The van der Waals surface area contributed by atoms with E-state index >= 15 is 0 Å². The average Bonchev–Trinajstić information content (AvgIpc) is 3.82. The first-order valence-electron chi connectivity index (χ1n) is 18.0. The zero-order chi connectivity index (χ0) is 35.6. The fraction of sp³-hybridized carbons (Fsp3) is 0. The Morgan fingerprint density at radius 1 is 0.370 bits per heavy atom. The molecule has 0 aliphatic heterocycles. The molecule has 0 saturated carbocycles. The van der Waals surface area contributed by atoms with Crippen molar-refractivity contribution in [3.63, 3.8) is 0 Å².